The second kappa shape index (κ2) is 22.9. The van der Waals surface area contributed by atoms with Crippen molar-refractivity contribution in [2.45, 2.75) is 130 Å². The third-order valence-electron chi connectivity index (χ3n) is 10.1. The molecule has 0 spiro atoms. The number of methoxy groups -OCH3 is 2. The maximum absolute atomic E-state index is 6.88. The quantitative estimate of drug-likeness (QED) is 0.0576. The molecule has 0 bridgehead atoms. The number of ether oxygens (including phenoxy) is 7. The van der Waals surface area contributed by atoms with Crippen molar-refractivity contribution >= 4 is 22.7 Å². The van der Waals surface area contributed by atoms with Gasteiger partial charge in [0.2, 0.25) is 11.5 Å². The average Bonchev–Trinajstić information content (AvgIpc) is 3.96. The molecule has 3 heterocycles. The van der Waals surface area contributed by atoms with E-state index >= 15 is 0 Å². The van der Waals surface area contributed by atoms with Crippen molar-refractivity contribution in [1.82, 2.24) is 9.97 Å². The van der Waals surface area contributed by atoms with Crippen molar-refractivity contribution in [3.63, 3.8) is 0 Å². The molecule has 2 atom stereocenters. The standard InChI is InChI=1S/C44H62N2O7S2/c1-7-9-11-13-21-49-37-25-33(27-39(43(37)47-5)51-23-15-17-41-31(3)45-29-54-41)35-19-20-36(53-35)34-26-38(50-22-14-12-10-8-2)44(48-6)40(28-34)52-24-16-18-42-32(4)46-30-55-42/h25-30,35-36H,7-24H2,1-6H3/t35-,36-/m1/s1. The molecule has 4 aromatic rings. The largest absolute Gasteiger partial charge is 0.490 e. The van der Waals surface area contributed by atoms with E-state index in [1.54, 1.807) is 36.9 Å². The summed E-state index contributed by atoms with van der Waals surface area (Å²) in [6.07, 6.45) is 14.0. The zero-order chi connectivity index (χ0) is 38.8. The summed E-state index contributed by atoms with van der Waals surface area (Å²) in [5, 5.41) is 0. The fourth-order valence-corrected chi connectivity index (χ4v) is 8.56. The fourth-order valence-electron chi connectivity index (χ4n) is 6.91. The Bertz CT molecular complexity index is 1600. The van der Waals surface area contributed by atoms with Crippen molar-refractivity contribution in [2.24, 2.45) is 0 Å². The minimum atomic E-state index is -0.145. The van der Waals surface area contributed by atoms with Crippen LogP contribution in [0, 0.1) is 13.8 Å². The van der Waals surface area contributed by atoms with Crippen LogP contribution in [-0.4, -0.2) is 50.6 Å². The molecule has 0 amide bonds. The minimum Gasteiger partial charge on any atom is -0.490 e. The SMILES string of the molecule is CCCCCCOc1cc([C@H]2CC[C@H](c3cc(OCCCCCC)c(OC)c(OCCCc4scnc4C)c3)O2)cc(OCCCc2scnc2C)c1OC. The zero-order valence-electron chi connectivity index (χ0n) is 33.9. The molecule has 0 radical (unpaired) electrons. The van der Waals surface area contributed by atoms with Crippen LogP contribution in [0.1, 0.15) is 135 Å². The van der Waals surface area contributed by atoms with Crippen LogP contribution in [0.15, 0.2) is 35.3 Å². The molecule has 0 unspecified atom stereocenters. The van der Waals surface area contributed by atoms with Crippen molar-refractivity contribution in [3.05, 3.63) is 67.6 Å². The number of aromatic nitrogens is 2. The van der Waals surface area contributed by atoms with Gasteiger partial charge < -0.3 is 33.2 Å². The number of aryl methyl sites for hydroxylation is 4. The first-order valence-electron chi connectivity index (χ1n) is 20.3. The first kappa shape index (κ1) is 42.6. The van der Waals surface area contributed by atoms with Gasteiger partial charge in [-0.3, -0.25) is 0 Å². The Hall–Kier alpha value is -3.54. The third-order valence-corrected chi connectivity index (χ3v) is 12.1. The van der Waals surface area contributed by atoms with Gasteiger partial charge in [-0.2, -0.15) is 0 Å². The Kier molecular flexibility index (Phi) is 17.7. The van der Waals surface area contributed by atoms with Gasteiger partial charge in [-0.15, -0.1) is 22.7 Å². The maximum Gasteiger partial charge on any atom is 0.203 e. The molecule has 5 rings (SSSR count). The first-order chi connectivity index (χ1) is 26.9. The smallest absolute Gasteiger partial charge is 0.203 e. The lowest BCUT2D eigenvalue weighted by Crippen LogP contribution is -2.08. The Morgan fingerprint density at radius 1 is 0.564 bits per heavy atom. The highest BCUT2D eigenvalue weighted by Crippen LogP contribution is 2.49. The van der Waals surface area contributed by atoms with Crippen LogP contribution in [0.25, 0.3) is 0 Å². The molecule has 0 N–H and O–H groups in total. The van der Waals surface area contributed by atoms with E-state index in [0.717, 1.165) is 86.7 Å². The lowest BCUT2D eigenvalue weighted by Gasteiger charge is -2.21. The number of benzene rings is 2. The summed E-state index contributed by atoms with van der Waals surface area (Å²) < 4.78 is 44.3. The van der Waals surface area contributed by atoms with E-state index in [0.29, 0.717) is 60.9 Å². The highest BCUT2D eigenvalue weighted by atomic mass is 32.1. The van der Waals surface area contributed by atoms with Gasteiger partial charge in [0, 0.05) is 9.75 Å². The predicted molar refractivity (Wildman–Crippen MR) is 222 cm³/mol. The van der Waals surface area contributed by atoms with Crippen LogP contribution in [0.5, 0.6) is 34.5 Å². The van der Waals surface area contributed by atoms with Gasteiger partial charge in [-0.1, -0.05) is 52.4 Å². The third kappa shape index (κ3) is 12.5. The Morgan fingerprint density at radius 3 is 1.27 bits per heavy atom. The monoisotopic (exact) mass is 794 g/mol. The number of hydrogen-bond donors (Lipinski definition) is 0. The number of nitrogens with zero attached hydrogens (tertiary/aromatic N) is 2. The van der Waals surface area contributed by atoms with E-state index in [-0.39, 0.29) is 12.2 Å². The van der Waals surface area contributed by atoms with E-state index in [1.807, 2.05) is 11.0 Å². The summed E-state index contributed by atoms with van der Waals surface area (Å²) >= 11 is 3.40. The molecule has 0 saturated carbocycles. The van der Waals surface area contributed by atoms with E-state index in [4.69, 9.17) is 33.2 Å². The lowest BCUT2D eigenvalue weighted by molar-refractivity contribution is 0.0433. The van der Waals surface area contributed by atoms with Gasteiger partial charge in [0.05, 0.1) is 75.3 Å². The molecule has 55 heavy (non-hydrogen) atoms. The summed E-state index contributed by atoms with van der Waals surface area (Å²) in [6.45, 7) is 10.9. The molecule has 1 aliphatic heterocycles. The van der Waals surface area contributed by atoms with Crippen molar-refractivity contribution in [3.8, 4) is 34.5 Å². The van der Waals surface area contributed by atoms with Gasteiger partial charge in [0.1, 0.15) is 0 Å². The van der Waals surface area contributed by atoms with Crippen LogP contribution in [0.4, 0.5) is 0 Å². The number of hydrogen-bond acceptors (Lipinski definition) is 11. The van der Waals surface area contributed by atoms with Crippen molar-refractivity contribution < 1.29 is 33.2 Å². The molecule has 302 valence electrons. The molecule has 1 saturated heterocycles. The Morgan fingerprint density at radius 2 is 0.945 bits per heavy atom. The molecule has 1 aliphatic rings. The van der Waals surface area contributed by atoms with E-state index in [1.165, 1.54) is 35.4 Å². The van der Waals surface area contributed by atoms with Gasteiger partial charge >= 0.3 is 0 Å². The summed E-state index contributed by atoms with van der Waals surface area (Å²) in [4.78, 5) is 11.4. The molecule has 2 aromatic carbocycles. The highest BCUT2D eigenvalue weighted by Gasteiger charge is 2.31. The van der Waals surface area contributed by atoms with Gasteiger partial charge in [0.15, 0.2) is 23.0 Å². The van der Waals surface area contributed by atoms with Crippen molar-refractivity contribution in [2.75, 3.05) is 40.6 Å². The van der Waals surface area contributed by atoms with E-state index in [2.05, 4.69) is 61.9 Å². The molecule has 2 aromatic heterocycles. The molecular weight excluding hydrogens is 733 g/mol. The number of thiazole rings is 2. The topological polar surface area (TPSA) is 90.4 Å². The molecule has 11 heteroatoms. The number of unbranched alkanes of at least 4 members (excludes halogenated alkanes) is 6. The maximum atomic E-state index is 6.88. The average molecular weight is 795 g/mol. The van der Waals surface area contributed by atoms with Crippen LogP contribution in [0.2, 0.25) is 0 Å². The zero-order valence-corrected chi connectivity index (χ0v) is 35.5. The van der Waals surface area contributed by atoms with Crippen LogP contribution in [0.3, 0.4) is 0 Å². The summed E-state index contributed by atoms with van der Waals surface area (Å²) in [5.41, 5.74) is 8.06. The molecule has 9 nitrogen and oxygen atoms in total. The van der Waals surface area contributed by atoms with Crippen molar-refractivity contribution in [1.29, 1.82) is 0 Å². The summed E-state index contributed by atoms with van der Waals surface area (Å²) in [5.74, 6) is 4.03. The lowest BCUT2D eigenvalue weighted by atomic mass is 10.0. The first-order valence-corrected chi connectivity index (χ1v) is 22.1. The second-order valence-electron chi connectivity index (χ2n) is 14.2. The summed E-state index contributed by atoms with van der Waals surface area (Å²) in [6, 6.07) is 8.31. The normalized spacial score (nSPS) is 15.3. The second-order valence-corrected chi connectivity index (χ2v) is 16.1. The van der Waals surface area contributed by atoms with Gasteiger partial charge in [-0.25, -0.2) is 9.97 Å². The molecular formula is C44H62N2O7S2. The predicted octanol–water partition coefficient (Wildman–Crippen LogP) is 11.8. The van der Waals surface area contributed by atoms with Crippen LogP contribution < -0.4 is 28.4 Å². The fraction of sp³-hybridized carbons (Fsp3) is 0.591. The van der Waals surface area contributed by atoms with Gasteiger partial charge in [-0.05, 0) is 101 Å². The molecule has 1 fully saturated rings. The van der Waals surface area contributed by atoms with Crippen LogP contribution >= 0.6 is 22.7 Å². The molecule has 0 aliphatic carbocycles. The van der Waals surface area contributed by atoms with E-state index in [9.17, 15) is 0 Å². The van der Waals surface area contributed by atoms with Crippen LogP contribution in [-0.2, 0) is 17.6 Å². The van der Waals surface area contributed by atoms with E-state index < -0.39 is 0 Å². The number of rotatable bonds is 26. The van der Waals surface area contributed by atoms with Gasteiger partial charge in [0.25, 0.3) is 0 Å². The highest BCUT2D eigenvalue weighted by molar-refractivity contribution is 7.10. The summed E-state index contributed by atoms with van der Waals surface area (Å²) in [7, 11) is 3.36. The Balaban J connectivity index is 1.34. The minimum absolute atomic E-state index is 0.145. The Labute approximate surface area is 337 Å².